The number of aromatic nitrogens is 1. The van der Waals surface area contributed by atoms with Gasteiger partial charge >= 0.3 is 0 Å². The van der Waals surface area contributed by atoms with Gasteiger partial charge < -0.3 is 9.47 Å². The molecule has 3 aliphatic carbocycles. The van der Waals surface area contributed by atoms with E-state index in [-0.39, 0.29) is 22.8 Å². The van der Waals surface area contributed by atoms with Crippen LogP contribution in [0, 0.1) is 0 Å². The third-order valence-electron chi connectivity index (χ3n) is 16.3. The van der Waals surface area contributed by atoms with Gasteiger partial charge in [-0.2, -0.15) is 0 Å². The van der Waals surface area contributed by atoms with Crippen molar-refractivity contribution < 1.29 is 0 Å². The first-order valence-corrected chi connectivity index (χ1v) is 23.1. The molecule has 2 unspecified atom stereocenters. The number of rotatable bonds is 6. The molecule has 4 aliphatic rings. The number of hydrogen-bond acceptors (Lipinski definition) is 1. The third kappa shape index (κ3) is 4.35. The fourth-order valence-corrected chi connectivity index (χ4v) is 13.3. The maximum absolute atomic E-state index is 2.70. The maximum atomic E-state index is 2.70. The van der Waals surface area contributed by atoms with Crippen LogP contribution in [0.4, 0.5) is 11.4 Å². The van der Waals surface area contributed by atoms with Crippen LogP contribution in [0.25, 0.3) is 71.3 Å². The molecule has 13 rings (SSSR count). The minimum Gasteiger partial charge on any atom is -0.332 e. The number of para-hydroxylation sites is 3. The number of anilines is 2. The Balaban J connectivity index is 1.21. The summed E-state index contributed by atoms with van der Waals surface area (Å²) < 4.78 is 2.60. The van der Waals surface area contributed by atoms with Gasteiger partial charge in [0.2, 0.25) is 0 Å². The normalized spacial score (nSPS) is 18.4. The molecule has 1 aromatic heterocycles. The fourth-order valence-electron chi connectivity index (χ4n) is 13.3. The fraction of sp³-hybridized carbons (Fsp3) is 0.200. The molecular weight excluding hydrogens is 749 g/mol. The second kappa shape index (κ2) is 12.9. The van der Waals surface area contributed by atoms with Gasteiger partial charge in [-0.15, -0.1) is 0 Å². The average Bonchev–Trinajstić information content (AvgIpc) is 4.02. The molecule has 0 radical (unpaired) electrons. The molecule has 0 saturated heterocycles. The van der Waals surface area contributed by atoms with E-state index in [1.165, 1.54) is 110 Å². The third-order valence-corrected chi connectivity index (χ3v) is 16.3. The second-order valence-corrected chi connectivity index (χ2v) is 18.3. The minimum atomic E-state index is -0.126. The van der Waals surface area contributed by atoms with Crippen LogP contribution >= 0.6 is 0 Å². The Morgan fingerprint density at radius 3 is 1.61 bits per heavy atom. The first-order valence-electron chi connectivity index (χ1n) is 23.1. The number of fused-ring (bicyclic) bond motifs is 14. The van der Waals surface area contributed by atoms with Gasteiger partial charge in [-0.05, 0) is 118 Å². The van der Waals surface area contributed by atoms with Crippen molar-refractivity contribution in [3.63, 3.8) is 0 Å². The topological polar surface area (TPSA) is 8.17 Å². The molecule has 62 heavy (non-hydrogen) atoms. The second-order valence-electron chi connectivity index (χ2n) is 18.3. The van der Waals surface area contributed by atoms with Crippen LogP contribution in [0.2, 0.25) is 0 Å². The van der Waals surface area contributed by atoms with Crippen molar-refractivity contribution in [1.82, 2.24) is 4.57 Å². The number of hydrogen-bond donors (Lipinski definition) is 0. The van der Waals surface area contributed by atoms with Crippen molar-refractivity contribution in [1.29, 1.82) is 0 Å². The van der Waals surface area contributed by atoms with Gasteiger partial charge in [-0.1, -0.05) is 155 Å². The first-order chi connectivity index (χ1) is 30.6. The molecule has 8 aromatic carbocycles. The van der Waals surface area contributed by atoms with Crippen LogP contribution in [0.15, 0.2) is 170 Å². The molecule has 9 aromatic rings. The van der Waals surface area contributed by atoms with Crippen LogP contribution in [0.1, 0.15) is 87.1 Å². The molecule has 0 bridgehead atoms. The highest BCUT2D eigenvalue weighted by atomic mass is 15.2. The zero-order chi connectivity index (χ0) is 41.5. The van der Waals surface area contributed by atoms with E-state index in [1.807, 2.05) is 0 Å². The number of benzene rings is 8. The van der Waals surface area contributed by atoms with Gasteiger partial charge in [-0.25, -0.2) is 0 Å². The summed E-state index contributed by atoms with van der Waals surface area (Å²) in [6.07, 6.45) is 13.6. The van der Waals surface area contributed by atoms with Crippen molar-refractivity contribution in [2.45, 2.75) is 76.2 Å². The van der Waals surface area contributed by atoms with Gasteiger partial charge in [0.25, 0.3) is 0 Å². The van der Waals surface area contributed by atoms with Gasteiger partial charge in [0.1, 0.15) is 0 Å². The van der Waals surface area contributed by atoms with Crippen molar-refractivity contribution in [2.75, 3.05) is 4.90 Å². The predicted octanol–water partition coefficient (Wildman–Crippen LogP) is 16.0. The summed E-state index contributed by atoms with van der Waals surface area (Å²) in [5.74, 6) is 0.283. The van der Waals surface area contributed by atoms with Gasteiger partial charge in [0, 0.05) is 54.8 Å². The highest BCUT2D eigenvalue weighted by Crippen LogP contribution is 2.62. The molecule has 0 fully saturated rings. The summed E-state index contributed by atoms with van der Waals surface area (Å²) in [6, 6.07) is 56.6. The molecule has 0 spiro atoms. The van der Waals surface area contributed by atoms with E-state index in [0.29, 0.717) is 0 Å². The summed E-state index contributed by atoms with van der Waals surface area (Å²) in [4.78, 5) is 2.70. The van der Waals surface area contributed by atoms with E-state index in [4.69, 9.17) is 0 Å². The van der Waals surface area contributed by atoms with Crippen LogP contribution < -0.4 is 4.90 Å². The highest BCUT2D eigenvalue weighted by molar-refractivity contribution is 6.22. The number of allylic oxidation sites excluding steroid dienone is 2. The molecule has 0 saturated carbocycles. The quantitative estimate of drug-likeness (QED) is 0.152. The Morgan fingerprint density at radius 1 is 0.419 bits per heavy atom. The van der Waals surface area contributed by atoms with E-state index in [9.17, 15) is 0 Å². The number of nitrogens with zero attached hydrogens (tertiary/aromatic N) is 2. The summed E-state index contributed by atoms with van der Waals surface area (Å²) in [5.41, 5.74) is 19.3. The van der Waals surface area contributed by atoms with Crippen LogP contribution in [0.5, 0.6) is 0 Å². The van der Waals surface area contributed by atoms with Gasteiger partial charge in [-0.3, -0.25) is 0 Å². The van der Waals surface area contributed by atoms with Gasteiger partial charge in [0.15, 0.2) is 0 Å². The first kappa shape index (κ1) is 36.1. The van der Waals surface area contributed by atoms with Crippen LogP contribution in [-0.2, 0) is 10.8 Å². The minimum absolute atomic E-state index is 0.00181. The SMILES string of the molecule is CCC1(CC)c2ccccc2-c2cc3c(cc21)-c1cc2c(N4c5ccccc5C5C=CC=CC54)c4ccccc4c(-n4c5ccccc5c5ccccc54)c2cc1C3(CC)CC. The summed E-state index contributed by atoms with van der Waals surface area (Å²) in [6.45, 7) is 9.66. The molecular formula is C60H50N2. The molecule has 0 N–H and O–H groups in total. The average molecular weight is 799 g/mol. The maximum Gasteiger partial charge on any atom is 0.0630 e. The van der Waals surface area contributed by atoms with Crippen molar-refractivity contribution in [3.8, 4) is 27.9 Å². The summed E-state index contributed by atoms with van der Waals surface area (Å²) >= 11 is 0. The van der Waals surface area contributed by atoms with Crippen molar-refractivity contribution in [3.05, 3.63) is 198 Å². The standard InChI is InChI=1S/C60H50N2/c1-5-59(6-2)49-28-16-11-21-37(49)45-34-51-46(35-50(45)59)44-33-47-48(36-52(44)60(51,7-3)8-4)58(62-55-31-19-14-24-40(55)41-25-15-20-32-56(41)62)43-27-10-9-26-42(43)57(47)61-53-29-17-12-22-38(53)39-23-13-18-30-54(39)61/h9-36,38,53H,5-8H2,1-4H3. The lowest BCUT2D eigenvalue weighted by Crippen LogP contribution is -2.29. The summed E-state index contributed by atoms with van der Waals surface area (Å²) in [7, 11) is 0. The molecule has 1 aliphatic heterocycles. The largest absolute Gasteiger partial charge is 0.332 e. The van der Waals surface area contributed by atoms with Crippen LogP contribution in [-0.4, -0.2) is 10.6 Å². The zero-order valence-corrected chi connectivity index (χ0v) is 36.0. The van der Waals surface area contributed by atoms with E-state index < -0.39 is 0 Å². The van der Waals surface area contributed by atoms with E-state index >= 15 is 0 Å². The molecule has 2 heterocycles. The highest BCUT2D eigenvalue weighted by Gasteiger charge is 2.47. The molecule has 2 nitrogen and oxygen atoms in total. The Bertz CT molecular complexity index is 3380. The Labute approximate surface area is 364 Å². The Kier molecular flexibility index (Phi) is 7.53. The lowest BCUT2D eigenvalue weighted by Gasteiger charge is -2.33. The van der Waals surface area contributed by atoms with E-state index in [2.05, 4.69) is 207 Å². The van der Waals surface area contributed by atoms with Crippen LogP contribution in [0.3, 0.4) is 0 Å². The molecule has 2 heteroatoms. The Hall–Kier alpha value is -6.64. The van der Waals surface area contributed by atoms with Gasteiger partial charge in [0.05, 0.1) is 28.5 Å². The molecule has 2 atom stereocenters. The Morgan fingerprint density at radius 2 is 0.919 bits per heavy atom. The monoisotopic (exact) mass is 798 g/mol. The zero-order valence-electron chi connectivity index (χ0n) is 36.0. The molecule has 300 valence electrons. The predicted molar refractivity (Wildman–Crippen MR) is 263 cm³/mol. The van der Waals surface area contributed by atoms with E-state index in [0.717, 1.165) is 25.7 Å². The van der Waals surface area contributed by atoms with Crippen molar-refractivity contribution in [2.24, 2.45) is 0 Å². The lowest BCUT2D eigenvalue weighted by molar-refractivity contribution is 0.485. The summed E-state index contributed by atoms with van der Waals surface area (Å²) in [5, 5.41) is 7.76. The molecule has 0 amide bonds. The van der Waals surface area contributed by atoms with Crippen molar-refractivity contribution >= 4 is 54.7 Å². The smallest absolute Gasteiger partial charge is 0.0630 e. The lowest BCUT2D eigenvalue weighted by atomic mass is 9.71. The van der Waals surface area contributed by atoms with E-state index in [1.54, 1.807) is 0 Å².